The molecule has 0 spiro atoms. The first kappa shape index (κ1) is 11.9. The van der Waals surface area contributed by atoms with Crippen molar-refractivity contribution in [2.24, 2.45) is 5.73 Å². The summed E-state index contributed by atoms with van der Waals surface area (Å²) in [5.74, 6) is 0.569. The standard InChI is InChI=1S/C9H10S.C2H6ClN/c10-9-5-4-7-2-1-3-8(7)6-9;3-1-2-4/h4-6,10H,1-3H2;1-2,4H2. The van der Waals surface area contributed by atoms with E-state index in [1.165, 1.54) is 30.4 Å². The van der Waals surface area contributed by atoms with Crippen LogP contribution in [0.1, 0.15) is 17.5 Å². The summed E-state index contributed by atoms with van der Waals surface area (Å²) in [6, 6.07) is 6.46. The lowest BCUT2D eigenvalue weighted by Gasteiger charge is -1.97. The van der Waals surface area contributed by atoms with Crippen molar-refractivity contribution < 1.29 is 0 Å². The van der Waals surface area contributed by atoms with Gasteiger partial charge in [-0.1, -0.05) is 6.07 Å². The molecule has 0 aliphatic heterocycles. The predicted molar refractivity (Wildman–Crippen MR) is 65.5 cm³/mol. The van der Waals surface area contributed by atoms with Crippen molar-refractivity contribution in [2.45, 2.75) is 24.2 Å². The van der Waals surface area contributed by atoms with Crippen LogP contribution in [0.25, 0.3) is 0 Å². The van der Waals surface area contributed by atoms with E-state index < -0.39 is 0 Å². The van der Waals surface area contributed by atoms with Crippen LogP contribution < -0.4 is 5.73 Å². The zero-order valence-electron chi connectivity index (χ0n) is 8.17. The van der Waals surface area contributed by atoms with Gasteiger partial charge in [-0.15, -0.1) is 24.2 Å². The molecule has 1 aromatic carbocycles. The molecule has 1 aliphatic rings. The van der Waals surface area contributed by atoms with Gasteiger partial charge in [0.1, 0.15) is 0 Å². The van der Waals surface area contributed by atoms with Gasteiger partial charge >= 0.3 is 0 Å². The lowest BCUT2D eigenvalue weighted by atomic mass is 10.1. The molecule has 0 radical (unpaired) electrons. The van der Waals surface area contributed by atoms with Gasteiger partial charge in [0, 0.05) is 17.3 Å². The lowest BCUT2D eigenvalue weighted by molar-refractivity contribution is 0.911. The molecule has 0 unspecified atom stereocenters. The molecule has 0 bridgehead atoms. The van der Waals surface area contributed by atoms with Crippen LogP contribution in [0.2, 0.25) is 0 Å². The van der Waals surface area contributed by atoms with Crippen molar-refractivity contribution in [3.63, 3.8) is 0 Å². The number of alkyl halides is 1. The van der Waals surface area contributed by atoms with Gasteiger partial charge in [-0.2, -0.15) is 0 Å². The van der Waals surface area contributed by atoms with E-state index in [9.17, 15) is 0 Å². The third kappa shape index (κ3) is 3.52. The summed E-state index contributed by atoms with van der Waals surface area (Å²) in [6.45, 7) is 0.585. The maximum atomic E-state index is 5.06. The molecular weight excluding hydrogens is 214 g/mol. The van der Waals surface area contributed by atoms with Gasteiger partial charge < -0.3 is 5.73 Å². The molecule has 3 heteroatoms. The smallest absolute Gasteiger partial charge is 0.0346 e. The van der Waals surface area contributed by atoms with E-state index in [1.807, 2.05) is 0 Å². The van der Waals surface area contributed by atoms with Crippen LogP contribution in [0.3, 0.4) is 0 Å². The number of rotatable bonds is 1. The van der Waals surface area contributed by atoms with Gasteiger partial charge in [-0.25, -0.2) is 0 Å². The zero-order chi connectivity index (χ0) is 10.4. The van der Waals surface area contributed by atoms with Crippen molar-refractivity contribution in [3.8, 4) is 0 Å². The maximum absolute atomic E-state index is 5.06. The summed E-state index contributed by atoms with van der Waals surface area (Å²) in [7, 11) is 0. The first-order valence-electron chi connectivity index (χ1n) is 4.84. The molecule has 0 heterocycles. The Kier molecular flexibility index (Phi) is 5.38. The number of hydrogen-bond donors (Lipinski definition) is 2. The molecule has 1 aromatic rings. The Morgan fingerprint density at radius 3 is 2.57 bits per heavy atom. The second-order valence-electron chi connectivity index (χ2n) is 3.28. The lowest BCUT2D eigenvalue weighted by Crippen LogP contribution is -1.97. The Bertz CT molecular complexity index is 287. The first-order chi connectivity index (χ1) is 6.77. The Labute approximate surface area is 96.1 Å². The van der Waals surface area contributed by atoms with Gasteiger partial charge in [-0.3, -0.25) is 0 Å². The van der Waals surface area contributed by atoms with E-state index in [1.54, 1.807) is 0 Å². The Balaban J connectivity index is 0.000000213. The van der Waals surface area contributed by atoms with Crippen LogP contribution in [0.4, 0.5) is 0 Å². The average molecular weight is 230 g/mol. The Morgan fingerprint density at radius 1 is 1.29 bits per heavy atom. The summed E-state index contributed by atoms with van der Waals surface area (Å²) in [5, 5.41) is 0. The van der Waals surface area contributed by atoms with E-state index >= 15 is 0 Å². The van der Waals surface area contributed by atoms with Crippen molar-refractivity contribution in [3.05, 3.63) is 29.3 Å². The quantitative estimate of drug-likeness (QED) is 0.562. The number of hydrogen-bond acceptors (Lipinski definition) is 2. The average Bonchev–Trinajstić information content (AvgIpc) is 2.65. The molecule has 0 amide bonds. The Hall–Kier alpha value is -0.180. The predicted octanol–water partition coefficient (Wildman–Crippen LogP) is 2.65. The molecule has 2 rings (SSSR count). The number of nitrogens with two attached hydrogens (primary N) is 1. The minimum atomic E-state index is 0.569. The number of aryl methyl sites for hydroxylation is 2. The SMILES string of the molecule is NCCCl.Sc1ccc2c(c1)CCC2. The largest absolute Gasteiger partial charge is 0.329 e. The van der Waals surface area contributed by atoms with Crippen LogP contribution in [0.5, 0.6) is 0 Å². The van der Waals surface area contributed by atoms with Crippen LogP contribution >= 0.6 is 24.2 Å². The minimum Gasteiger partial charge on any atom is -0.329 e. The number of benzene rings is 1. The fourth-order valence-electron chi connectivity index (χ4n) is 1.56. The summed E-state index contributed by atoms with van der Waals surface area (Å²) >= 11 is 9.34. The molecule has 78 valence electrons. The first-order valence-corrected chi connectivity index (χ1v) is 5.83. The van der Waals surface area contributed by atoms with E-state index in [0.29, 0.717) is 12.4 Å². The minimum absolute atomic E-state index is 0.569. The van der Waals surface area contributed by atoms with Gasteiger partial charge in [0.05, 0.1) is 0 Å². The molecule has 0 fully saturated rings. The fraction of sp³-hybridized carbons (Fsp3) is 0.455. The van der Waals surface area contributed by atoms with Gasteiger partial charge in [0.2, 0.25) is 0 Å². The summed E-state index contributed by atoms with van der Waals surface area (Å²) in [5.41, 5.74) is 7.93. The van der Waals surface area contributed by atoms with Gasteiger partial charge in [0.25, 0.3) is 0 Å². The monoisotopic (exact) mass is 229 g/mol. The summed E-state index contributed by atoms with van der Waals surface area (Å²) < 4.78 is 0. The number of thiol groups is 1. The highest BCUT2D eigenvalue weighted by molar-refractivity contribution is 7.80. The normalized spacial score (nSPS) is 13.1. The summed E-state index contributed by atoms with van der Waals surface area (Å²) in [4.78, 5) is 1.10. The number of halogens is 1. The molecular formula is C11H16ClNS. The topological polar surface area (TPSA) is 26.0 Å². The zero-order valence-corrected chi connectivity index (χ0v) is 9.82. The highest BCUT2D eigenvalue weighted by Gasteiger charge is 2.08. The third-order valence-corrected chi connectivity index (χ3v) is 2.69. The molecule has 0 aromatic heterocycles. The van der Waals surface area contributed by atoms with Crippen molar-refractivity contribution in [2.75, 3.05) is 12.4 Å². The third-order valence-electron chi connectivity index (χ3n) is 2.19. The second kappa shape index (κ2) is 6.33. The van der Waals surface area contributed by atoms with Crippen molar-refractivity contribution >= 4 is 24.2 Å². The van der Waals surface area contributed by atoms with E-state index in [0.717, 1.165) is 4.90 Å². The van der Waals surface area contributed by atoms with Crippen molar-refractivity contribution in [1.82, 2.24) is 0 Å². The summed E-state index contributed by atoms with van der Waals surface area (Å²) in [6.07, 6.45) is 3.85. The molecule has 0 atom stereocenters. The van der Waals surface area contributed by atoms with E-state index in [4.69, 9.17) is 17.3 Å². The van der Waals surface area contributed by atoms with E-state index in [2.05, 4.69) is 30.8 Å². The molecule has 1 nitrogen and oxygen atoms in total. The van der Waals surface area contributed by atoms with Crippen LogP contribution in [-0.4, -0.2) is 12.4 Å². The fourth-order valence-corrected chi connectivity index (χ4v) is 1.79. The van der Waals surface area contributed by atoms with Crippen molar-refractivity contribution in [1.29, 1.82) is 0 Å². The molecule has 0 saturated heterocycles. The van der Waals surface area contributed by atoms with Gasteiger partial charge in [0.15, 0.2) is 0 Å². The van der Waals surface area contributed by atoms with Crippen LogP contribution in [0.15, 0.2) is 23.1 Å². The molecule has 2 N–H and O–H groups in total. The van der Waals surface area contributed by atoms with E-state index in [-0.39, 0.29) is 0 Å². The molecule has 1 aliphatic carbocycles. The molecule has 14 heavy (non-hydrogen) atoms. The highest BCUT2D eigenvalue weighted by atomic mass is 35.5. The number of fused-ring (bicyclic) bond motifs is 1. The highest BCUT2D eigenvalue weighted by Crippen LogP contribution is 2.23. The van der Waals surface area contributed by atoms with Crippen LogP contribution in [-0.2, 0) is 12.8 Å². The van der Waals surface area contributed by atoms with Crippen LogP contribution in [0, 0.1) is 0 Å². The maximum Gasteiger partial charge on any atom is 0.0346 e. The van der Waals surface area contributed by atoms with Gasteiger partial charge in [-0.05, 0) is 42.5 Å². The Morgan fingerprint density at radius 2 is 1.93 bits per heavy atom. The molecule has 0 saturated carbocycles. The second-order valence-corrected chi connectivity index (χ2v) is 4.18.